The molecule has 0 amide bonds. The first-order chi connectivity index (χ1) is 14.5. The van der Waals surface area contributed by atoms with Crippen molar-refractivity contribution in [3.63, 3.8) is 0 Å². The molecule has 4 saturated carbocycles. The molecule has 0 radical (unpaired) electrons. The van der Waals surface area contributed by atoms with Gasteiger partial charge in [-0.05, 0) is 73.6 Å². The number of halogens is 1. The monoisotopic (exact) mass is 420 g/mol. The molecule has 4 bridgehead atoms. The number of fused-ring (bicyclic) bond motifs is 1. The van der Waals surface area contributed by atoms with Crippen LogP contribution in [0.2, 0.25) is 5.02 Å². The minimum absolute atomic E-state index is 0.116. The van der Waals surface area contributed by atoms with Crippen LogP contribution in [0.15, 0.2) is 54.7 Å². The number of nitrogens with zero attached hydrogens (tertiary/aromatic N) is 1. The van der Waals surface area contributed by atoms with E-state index in [4.69, 9.17) is 11.6 Å². The van der Waals surface area contributed by atoms with Crippen LogP contribution in [0.5, 0.6) is 0 Å². The van der Waals surface area contributed by atoms with E-state index < -0.39 is 5.60 Å². The van der Waals surface area contributed by atoms with Crippen LogP contribution >= 0.6 is 11.6 Å². The Balaban J connectivity index is 1.28. The van der Waals surface area contributed by atoms with Gasteiger partial charge in [0, 0.05) is 40.8 Å². The zero-order valence-electron chi connectivity index (χ0n) is 17.3. The fourth-order valence-corrected chi connectivity index (χ4v) is 7.30. The van der Waals surface area contributed by atoms with Crippen molar-refractivity contribution < 1.29 is 5.11 Å². The first-order valence-electron chi connectivity index (χ1n) is 11.3. The van der Waals surface area contributed by atoms with Gasteiger partial charge in [0.25, 0.3) is 0 Å². The highest BCUT2D eigenvalue weighted by molar-refractivity contribution is 6.31. The molecule has 156 valence electrons. The average Bonchev–Trinajstić information content (AvgIpc) is 3.04. The predicted molar refractivity (Wildman–Crippen MR) is 122 cm³/mol. The largest absolute Gasteiger partial charge is 0.390 e. The van der Waals surface area contributed by atoms with Gasteiger partial charge in [-0.15, -0.1) is 0 Å². The van der Waals surface area contributed by atoms with Crippen molar-refractivity contribution in [2.24, 2.45) is 11.8 Å². The number of benzene rings is 2. The number of hydrogen-bond acceptors (Lipinski definition) is 2. The Hall–Kier alpha value is -1.81. The Morgan fingerprint density at radius 1 is 0.967 bits per heavy atom. The fourth-order valence-electron chi connectivity index (χ4n) is 7.11. The molecule has 3 nitrogen and oxygen atoms in total. The topological polar surface area (TPSA) is 37.2 Å². The van der Waals surface area contributed by atoms with Crippen molar-refractivity contribution in [2.45, 2.75) is 62.8 Å². The van der Waals surface area contributed by atoms with Gasteiger partial charge < -0.3 is 15.0 Å². The van der Waals surface area contributed by atoms with E-state index in [9.17, 15) is 5.11 Å². The normalized spacial score (nSPS) is 32.2. The number of aromatic nitrogens is 1. The third kappa shape index (κ3) is 3.19. The summed E-state index contributed by atoms with van der Waals surface area (Å²) in [5.74, 6) is 1.40. The minimum atomic E-state index is -0.421. The molecule has 4 aliphatic carbocycles. The summed E-state index contributed by atoms with van der Waals surface area (Å²) in [7, 11) is 0. The molecule has 4 aliphatic rings. The number of hydrogen-bond donors (Lipinski definition) is 2. The SMILES string of the molecule is OC12CC3CC(C1)CC(NCc1cn(Cc4ccccc4Cl)c4ccccc14)(C3)C2. The van der Waals surface area contributed by atoms with Crippen LogP contribution in [0.1, 0.15) is 49.7 Å². The fraction of sp³-hybridized carbons (Fsp3) is 0.462. The predicted octanol–water partition coefficient (Wildman–Crippen LogP) is 5.52. The van der Waals surface area contributed by atoms with Gasteiger partial charge in [0.1, 0.15) is 0 Å². The highest BCUT2D eigenvalue weighted by atomic mass is 35.5. The molecular formula is C26H29ClN2O. The van der Waals surface area contributed by atoms with Crippen LogP contribution in [0, 0.1) is 11.8 Å². The van der Waals surface area contributed by atoms with Crippen LogP contribution < -0.4 is 5.32 Å². The molecule has 4 heteroatoms. The van der Waals surface area contributed by atoms with Crippen molar-refractivity contribution >= 4 is 22.5 Å². The van der Waals surface area contributed by atoms with Gasteiger partial charge in [-0.3, -0.25) is 0 Å². The lowest BCUT2D eigenvalue weighted by atomic mass is 9.51. The van der Waals surface area contributed by atoms with E-state index in [-0.39, 0.29) is 5.54 Å². The summed E-state index contributed by atoms with van der Waals surface area (Å²) < 4.78 is 2.32. The molecule has 2 N–H and O–H groups in total. The zero-order valence-corrected chi connectivity index (χ0v) is 18.0. The van der Waals surface area contributed by atoms with E-state index in [0.717, 1.165) is 42.9 Å². The Kier molecular flexibility index (Phi) is 4.32. The van der Waals surface area contributed by atoms with Gasteiger partial charge in [-0.2, -0.15) is 0 Å². The van der Waals surface area contributed by atoms with E-state index in [0.29, 0.717) is 11.8 Å². The van der Waals surface area contributed by atoms with Crippen LogP contribution in [0.3, 0.4) is 0 Å². The van der Waals surface area contributed by atoms with Crippen molar-refractivity contribution in [3.05, 3.63) is 70.9 Å². The molecule has 0 spiro atoms. The number of nitrogens with one attached hydrogen (secondary N) is 1. The molecule has 4 fully saturated rings. The number of rotatable bonds is 5. The number of aliphatic hydroxyl groups is 1. The molecule has 0 saturated heterocycles. The van der Waals surface area contributed by atoms with E-state index in [1.165, 1.54) is 35.7 Å². The molecule has 2 unspecified atom stereocenters. The first-order valence-corrected chi connectivity index (χ1v) is 11.7. The lowest BCUT2D eigenvalue weighted by Gasteiger charge is -2.60. The van der Waals surface area contributed by atoms with Crippen molar-refractivity contribution in [2.75, 3.05) is 0 Å². The van der Waals surface area contributed by atoms with Crippen molar-refractivity contribution in [1.82, 2.24) is 9.88 Å². The van der Waals surface area contributed by atoms with Crippen LogP contribution in [-0.2, 0) is 13.1 Å². The quantitative estimate of drug-likeness (QED) is 0.570. The smallest absolute Gasteiger partial charge is 0.0670 e. The molecule has 1 heterocycles. The molecule has 1 aromatic heterocycles. The maximum Gasteiger partial charge on any atom is 0.0670 e. The van der Waals surface area contributed by atoms with Crippen molar-refractivity contribution in [3.8, 4) is 0 Å². The van der Waals surface area contributed by atoms with Gasteiger partial charge >= 0.3 is 0 Å². The third-order valence-electron chi connectivity index (χ3n) is 7.85. The Morgan fingerprint density at radius 3 is 2.47 bits per heavy atom. The molecule has 7 rings (SSSR count). The standard InChI is InChI=1S/C26H29ClN2O/c27-23-7-3-1-5-20(23)15-29-16-21(22-6-2-4-8-24(22)29)14-28-25-10-18-9-19(11-25)13-26(30,12-18)17-25/h1-8,16,18-19,28,30H,9-15,17H2. The highest BCUT2D eigenvalue weighted by Crippen LogP contribution is 2.57. The third-order valence-corrected chi connectivity index (χ3v) is 8.22. The van der Waals surface area contributed by atoms with Gasteiger partial charge in [-0.1, -0.05) is 48.0 Å². The Bertz CT molecular complexity index is 1090. The summed E-state index contributed by atoms with van der Waals surface area (Å²) in [5, 5.41) is 17.1. The molecule has 3 aromatic rings. The van der Waals surface area contributed by atoms with Gasteiger partial charge in [0.15, 0.2) is 0 Å². The summed E-state index contributed by atoms with van der Waals surface area (Å²) in [6, 6.07) is 16.7. The summed E-state index contributed by atoms with van der Waals surface area (Å²) in [6.07, 6.45) is 9.02. The zero-order chi connectivity index (χ0) is 20.3. The molecular weight excluding hydrogens is 392 g/mol. The molecule has 30 heavy (non-hydrogen) atoms. The maximum absolute atomic E-state index is 11.1. The maximum atomic E-state index is 11.1. The molecule has 2 atom stereocenters. The van der Waals surface area contributed by atoms with Gasteiger partial charge in [-0.25, -0.2) is 0 Å². The van der Waals surface area contributed by atoms with Gasteiger partial charge in [0.05, 0.1) is 5.60 Å². The second kappa shape index (κ2) is 6.85. The minimum Gasteiger partial charge on any atom is -0.390 e. The van der Waals surface area contributed by atoms with Crippen molar-refractivity contribution in [1.29, 1.82) is 0 Å². The Labute approximate surface area is 183 Å². The van der Waals surface area contributed by atoms with E-state index >= 15 is 0 Å². The lowest BCUT2D eigenvalue weighted by molar-refractivity contribution is -0.142. The van der Waals surface area contributed by atoms with E-state index in [1.807, 2.05) is 18.2 Å². The second-order valence-electron chi connectivity index (χ2n) is 10.2. The summed E-state index contributed by atoms with van der Waals surface area (Å²) >= 11 is 6.43. The summed E-state index contributed by atoms with van der Waals surface area (Å²) in [6.45, 7) is 1.63. The summed E-state index contributed by atoms with van der Waals surface area (Å²) in [5.41, 5.74) is 3.42. The summed E-state index contributed by atoms with van der Waals surface area (Å²) in [4.78, 5) is 0. The van der Waals surface area contributed by atoms with E-state index in [1.54, 1.807) is 0 Å². The lowest BCUT2D eigenvalue weighted by Crippen LogP contribution is -2.64. The Morgan fingerprint density at radius 2 is 1.70 bits per heavy atom. The van der Waals surface area contributed by atoms with E-state index in [2.05, 4.69) is 46.4 Å². The average molecular weight is 421 g/mol. The molecule has 0 aliphatic heterocycles. The van der Waals surface area contributed by atoms with Crippen LogP contribution in [-0.4, -0.2) is 20.8 Å². The van der Waals surface area contributed by atoms with Gasteiger partial charge in [0.2, 0.25) is 0 Å². The molecule has 2 aromatic carbocycles. The van der Waals surface area contributed by atoms with Crippen LogP contribution in [0.4, 0.5) is 0 Å². The first kappa shape index (κ1) is 18.9. The number of para-hydroxylation sites is 1. The van der Waals surface area contributed by atoms with Crippen LogP contribution in [0.25, 0.3) is 10.9 Å². The highest BCUT2D eigenvalue weighted by Gasteiger charge is 2.56. The second-order valence-corrected chi connectivity index (χ2v) is 10.6.